The normalized spacial score (nSPS) is 29.0. The predicted octanol–water partition coefficient (Wildman–Crippen LogP) is 2.40. The lowest BCUT2D eigenvalue weighted by atomic mass is 9.71. The number of rotatable bonds is 6. The van der Waals surface area contributed by atoms with E-state index in [0.29, 0.717) is 19.8 Å². The molecule has 2 bridgehead atoms. The van der Waals surface area contributed by atoms with Crippen LogP contribution >= 0.6 is 0 Å². The number of carbonyl (C=O) groups is 2. The zero-order valence-corrected chi connectivity index (χ0v) is 18.7. The lowest BCUT2D eigenvalue weighted by Crippen LogP contribution is -2.51. The smallest absolute Gasteiger partial charge is 0.231 e. The molecular formula is C22H35N5O3. The molecule has 3 atom stereocenters. The van der Waals surface area contributed by atoms with E-state index in [0.717, 1.165) is 44.3 Å². The molecule has 0 saturated carbocycles. The molecule has 3 aliphatic rings. The fourth-order valence-corrected chi connectivity index (χ4v) is 5.91. The van der Waals surface area contributed by atoms with Crippen molar-refractivity contribution in [2.24, 2.45) is 11.3 Å². The predicted molar refractivity (Wildman–Crippen MR) is 111 cm³/mol. The zero-order chi connectivity index (χ0) is 21.5. The Morgan fingerprint density at radius 3 is 2.67 bits per heavy atom. The van der Waals surface area contributed by atoms with E-state index in [9.17, 15) is 9.59 Å². The van der Waals surface area contributed by atoms with Gasteiger partial charge in [0.2, 0.25) is 11.8 Å². The van der Waals surface area contributed by atoms with E-state index in [1.54, 1.807) is 11.2 Å². The summed E-state index contributed by atoms with van der Waals surface area (Å²) in [6, 6.07) is 0.455. The second-order valence-corrected chi connectivity index (χ2v) is 9.50. The quantitative estimate of drug-likeness (QED) is 0.710. The molecule has 30 heavy (non-hydrogen) atoms. The molecule has 2 amide bonds. The third-order valence-corrected chi connectivity index (χ3v) is 7.55. The standard InChI is InChI=1S/C22H35N5O3/c1-5-22(21(29)25(4)13-19-24-23-14-26(19)15(2)3)12-17-6-7-18(22)27(17)20(28)16-8-10-30-11-9-16/h14-18H,5-13H2,1-4H3/t17-,18+,22+/m1/s1. The maximum absolute atomic E-state index is 13.8. The van der Waals surface area contributed by atoms with E-state index in [4.69, 9.17) is 4.74 Å². The second-order valence-electron chi connectivity index (χ2n) is 9.50. The van der Waals surface area contributed by atoms with E-state index in [2.05, 4.69) is 35.9 Å². The van der Waals surface area contributed by atoms with E-state index in [1.807, 2.05) is 11.6 Å². The zero-order valence-electron chi connectivity index (χ0n) is 18.7. The van der Waals surface area contributed by atoms with Crippen LogP contribution in [0.1, 0.15) is 71.2 Å². The maximum atomic E-state index is 13.8. The van der Waals surface area contributed by atoms with Gasteiger partial charge in [-0.3, -0.25) is 9.59 Å². The minimum absolute atomic E-state index is 0.0146. The molecule has 8 nitrogen and oxygen atoms in total. The molecule has 3 saturated heterocycles. The van der Waals surface area contributed by atoms with Crippen molar-refractivity contribution in [3.05, 3.63) is 12.2 Å². The van der Waals surface area contributed by atoms with E-state index in [-0.39, 0.29) is 35.9 Å². The molecular weight excluding hydrogens is 382 g/mol. The van der Waals surface area contributed by atoms with E-state index >= 15 is 0 Å². The molecule has 0 unspecified atom stereocenters. The van der Waals surface area contributed by atoms with Crippen molar-refractivity contribution < 1.29 is 14.3 Å². The Kier molecular flexibility index (Phi) is 5.88. The Balaban J connectivity index is 1.52. The second kappa shape index (κ2) is 8.29. The summed E-state index contributed by atoms with van der Waals surface area (Å²) in [5.74, 6) is 1.23. The van der Waals surface area contributed by atoms with Gasteiger partial charge in [-0.15, -0.1) is 10.2 Å². The summed E-state index contributed by atoms with van der Waals surface area (Å²) in [5.41, 5.74) is -0.485. The van der Waals surface area contributed by atoms with Crippen LogP contribution < -0.4 is 0 Å². The molecule has 4 rings (SSSR count). The molecule has 1 aromatic rings. The van der Waals surface area contributed by atoms with Crippen molar-refractivity contribution in [1.29, 1.82) is 0 Å². The number of aromatic nitrogens is 3. The summed E-state index contributed by atoms with van der Waals surface area (Å²) in [6.45, 7) is 8.02. The molecule has 3 aliphatic heterocycles. The van der Waals surface area contributed by atoms with Crippen molar-refractivity contribution in [2.45, 2.75) is 84.0 Å². The summed E-state index contributed by atoms with van der Waals surface area (Å²) in [5, 5.41) is 8.26. The van der Waals surface area contributed by atoms with Gasteiger partial charge in [0.25, 0.3) is 0 Å². The highest BCUT2D eigenvalue weighted by atomic mass is 16.5. The SMILES string of the molecule is CC[C@]1(C(=O)N(C)Cc2nncn2C(C)C)C[C@H]2CC[C@@H]1N2C(=O)C1CCOCC1. The summed E-state index contributed by atoms with van der Waals surface area (Å²) < 4.78 is 7.45. The van der Waals surface area contributed by atoms with Crippen LogP contribution in [0.2, 0.25) is 0 Å². The van der Waals surface area contributed by atoms with Crippen molar-refractivity contribution in [3.63, 3.8) is 0 Å². The molecule has 0 spiro atoms. The van der Waals surface area contributed by atoms with Crippen molar-refractivity contribution in [3.8, 4) is 0 Å². The monoisotopic (exact) mass is 417 g/mol. The van der Waals surface area contributed by atoms with Crippen molar-refractivity contribution >= 4 is 11.8 Å². The summed E-state index contributed by atoms with van der Waals surface area (Å²) in [7, 11) is 1.86. The molecule has 0 aliphatic carbocycles. The summed E-state index contributed by atoms with van der Waals surface area (Å²) in [6.07, 6.45) is 6.79. The minimum atomic E-state index is -0.485. The van der Waals surface area contributed by atoms with Crippen LogP contribution in [-0.4, -0.2) is 68.7 Å². The van der Waals surface area contributed by atoms with Gasteiger partial charge in [0, 0.05) is 44.3 Å². The molecule has 1 aromatic heterocycles. The summed E-state index contributed by atoms with van der Waals surface area (Å²) >= 11 is 0. The average Bonchev–Trinajstić information content (AvgIpc) is 3.46. The van der Waals surface area contributed by atoms with Gasteiger partial charge in [-0.1, -0.05) is 6.92 Å². The fraction of sp³-hybridized carbons (Fsp3) is 0.818. The van der Waals surface area contributed by atoms with Crippen LogP contribution in [-0.2, 0) is 20.9 Å². The lowest BCUT2D eigenvalue weighted by molar-refractivity contribution is -0.146. The van der Waals surface area contributed by atoms with E-state index in [1.165, 1.54) is 0 Å². The molecule has 0 N–H and O–H groups in total. The van der Waals surface area contributed by atoms with Gasteiger partial charge < -0.3 is 19.1 Å². The number of nitrogens with zero attached hydrogens (tertiary/aromatic N) is 5. The Morgan fingerprint density at radius 2 is 2.00 bits per heavy atom. The third kappa shape index (κ3) is 3.43. The van der Waals surface area contributed by atoms with Gasteiger partial charge in [0.1, 0.15) is 6.33 Å². The summed E-state index contributed by atoms with van der Waals surface area (Å²) in [4.78, 5) is 31.0. The van der Waals surface area contributed by atoms with E-state index < -0.39 is 5.41 Å². The fourth-order valence-electron chi connectivity index (χ4n) is 5.91. The molecule has 3 fully saturated rings. The molecule has 0 radical (unpaired) electrons. The topological polar surface area (TPSA) is 80.6 Å². The number of hydrogen-bond acceptors (Lipinski definition) is 5. The largest absolute Gasteiger partial charge is 0.381 e. The first kappa shape index (κ1) is 21.3. The van der Waals surface area contributed by atoms with Gasteiger partial charge in [0.15, 0.2) is 5.82 Å². The lowest BCUT2D eigenvalue weighted by Gasteiger charge is -2.38. The van der Waals surface area contributed by atoms with Gasteiger partial charge in [-0.25, -0.2) is 0 Å². The molecule has 0 aromatic carbocycles. The minimum Gasteiger partial charge on any atom is -0.381 e. The van der Waals surface area contributed by atoms with Gasteiger partial charge >= 0.3 is 0 Å². The maximum Gasteiger partial charge on any atom is 0.231 e. The first-order chi connectivity index (χ1) is 14.4. The van der Waals surface area contributed by atoms with Crippen LogP contribution in [0.15, 0.2) is 6.33 Å². The number of hydrogen-bond donors (Lipinski definition) is 0. The average molecular weight is 418 g/mol. The molecule has 166 valence electrons. The Labute approximate surface area is 178 Å². The number of fused-ring (bicyclic) bond motifs is 2. The number of amides is 2. The van der Waals surface area contributed by atoms with Gasteiger partial charge in [0.05, 0.1) is 12.0 Å². The van der Waals surface area contributed by atoms with Crippen LogP contribution in [0.5, 0.6) is 0 Å². The molecule has 8 heteroatoms. The van der Waals surface area contributed by atoms with Crippen molar-refractivity contribution in [1.82, 2.24) is 24.6 Å². The Hall–Kier alpha value is -1.96. The van der Waals surface area contributed by atoms with Crippen LogP contribution in [0.25, 0.3) is 0 Å². The highest BCUT2D eigenvalue weighted by molar-refractivity contribution is 5.87. The molecule has 4 heterocycles. The Bertz CT molecular complexity index is 787. The van der Waals surface area contributed by atoms with Gasteiger partial charge in [-0.2, -0.15) is 0 Å². The Morgan fingerprint density at radius 1 is 1.27 bits per heavy atom. The first-order valence-corrected chi connectivity index (χ1v) is 11.4. The van der Waals surface area contributed by atoms with Gasteiger partial charge in [-0.05, 0) is 52.4 Å². The van der Waals surface area contributed by atoms with Crippen LogP contribution in [0.3, 0.4) is 0 Å². The number of ether oxygens (including phenoxy) is 1. The third-order valence-electron chi connectivity index (χ3n) is 7.55. The highest BCUT2D eigenvalue weighted by Crippen LogP contribution is 2.53. The highest BCUT2D eigenvalue weighted by Gasteiger charge is 2.61. The van der Waals surface area contributed by atoms with Crippen LogP contribution in [0.4, 0.5) is 0 Å². The first-order valence-electron chi connectivity index (χ1n) is 11.4. The van der Waals surface area contributed by atoms with Crippen molar-refractivity contribution in [2.75, 3.05) is 20.3 Å². The van der Waals surface area contributed by atoms with Crippen LogP contribution in [0, 0.1) is 11.3 Å². The number of carbonyl (C=O) groups excluding carboxylic acids is 2.